The highest BCUT2D eigenvalue weighted by molar-refractivity contribution is 7.15. The zero-order chi connectivity index (χ0) is 14.9. The van der Waals surface area contributed by atoms with Gasteiger partial charge in [0.05, 0.1) is 10.6 Å². The fourth-order valence-corrected chi connectivity index (χ4v) is 2.51. The van der Waals surface area contributed by atoms with Crippen molar-refractivity contribution in [2.45, 2.75) is 19.1 Å². The number of anilines is 2. The average Bonchev–Trinajstić information content (AvgIpc) is 2.79. The summed E-state index contributed by atoms with van der Waals surface area (Å²) in [4.78, 5) is 4.91. The maximum Gasteiger partial charge on any atom is 0.417 e. The first-order valence-corrected chi connectivity index (χ1v) is 6.82. The molecule has 3 nitrogen and oxygen atoms in total. The third-order valence-electron chi connectivity index (χ3n) is 2.50. The predicted molar refractivity (Wildman–Crippen MR) is 74.5 cm³/mol. The number of benzene rings is 1. The summed E-state index contributed by atoms with van der Waals surface area (Å²) < 4.78 is 38.2. The topological polar surface area (TPSA) is 50.9 Å². The molecule has 0 amide bonds. The van der Waals surface area contributed by atoms with E-state index in [4.69, 9.17) is 17.3 Å². The van der Waals surface area contributed by atoms with E-state index in [1.54, 1.807) is 13.1 Å². The van der Waals surface area contributed by atoms with E-state index in [2.05, 4.69) is 10.3 Å². The van der Waals surface area contributed by atoms with Gasteiger partial charge in [0.15, 0.2) is 5.13 Å². The summed E-state index contributed by atoms with van der Waals surface area (Å²) in [6.07, 6.45) is -2.90. The molecule has 2 aromatic rings. The van der Waals surface area contributed by atoms with Crippen molar-refractivity contribution in [1.29, 1.82) is 0 Å². The molecule has 0 bridgehead atoms. The highest BCUT2D eigenvalue weighted by atomic mass is 35.5. The van der Waals surface area contributed by atoms with Gasteiger partial charge >= 0.3 is 6.18 Å². The van der Waals surface area contributed by atoms with Gasteiger partial charge in [0.1, 0.15) is 0 Å². The van der Waals surface area contributed by atoms with Gasteiger partial charge < -0.3 is 11.1 Å². The normalized spacial score (nSPS) is 13.3. The number of hydrogen-bond donors (Lipinski definition) is 2. The van der Waals surface area contributed by atoms with Crippen molar-refractivity contribution in [2.24, 2.45) is 5.73 Å². The van der Waals surface area contributed by atoms with Gasteiger partial charge in [0, 0.05) is 22.8 Å². The number of alkyl halides is 3. The lowest BCUT2D eigenvalue weighted by atomic mass is 10.2. The maximum atomic E-state index is 12.7. The van der Waals surface area contributed by atoms with Crippen LogP contribution in [0.4, 0.5) is 24.0 Å². The summed E-state index contributed by atoms with van der Waals surface area (Å²) in [5.74, 6) is 0. The summed E-state index contributed by atoms with van der Waals surface area (Å²) in [5, 5.41) is 2.96. The number of nitrogens with zero attached hydrogens (tertiary/aromatic N) is 1. The van der Waals surface area contributed by atoms with Crippen LogP contribution in [-0.2, 0) is 6.18 Å². The van der Waals surface area contributed by atoms with E-state index in [9.17, 15) is 13.2 Å². The minimum absolute atomic E-state index is 0.168. The van der Waals surface area contributed by atoms with E-state index < -0.39 is 11.7 Å². The van der Waals surface area contributed by atoms with E-state index >= 15 is 0 Å². The molecule has 0 aliphatic carbocycles. The largest absolute Gasteiger partial charge is 0.417 e. The van der Waals surface area contributed by atoms with Crippen molar-refractivity contribution in [1.82, 2.24) is 4.98 Å². The summed E-state index contributed by atoms with van der Waals surface area (Å²) in [6.45, 7) is 1.81. The minimum atomic E-state index is -4.49. The van der Waals surface area contributed by atoms with Gasteiger partial charge in [-0.15, -0.1) is 11.3 Å². The Morgan fingerprint density at radius 2 is 2.10 bits per heavy atom. The molecule has 0 aliphatic heterocycles. The van der Waals surface area contributed by atoms with Crippen LogP contribution in [0.3, 0.4) is 0 Å². The summed E-state index contributed by atoms with van der Waals surface area (Å²) in [5.41, 5.74) is 5.09. The molecule has 1 aromatic heterocycles. The van der Waals surface area contributed by atoms with Crippen LogP contribution in [0, 0.1) is 0 Å². The summed E-state index contributed by atoms with van der Waals surface area (Å²) in [6, 6.07) is 3.45. The molecule has 3 N–H and O–H groups in total. The molecule has 0 saturated carbocycles. The molecule has 20 heavy (non-hydrogen) atoms. The summed E-state index contributed by atoms with van der Waals surface area (Å²) in [7, 11) is 0. The lowest BCUT2D eigenvalue weighted by molar-refractivity contribution is -0.137. The van der Waals surface area contributed by atoms with E-state index in [0.717, 1.165) is 10.9 Å². The van der Waals surface area contributed by atoms with E-state index in [-0.39, 0.29) is 16.8 Å². The van der Waals surface area contributed by atoms with E-state index in [1.807, 2.05) is 0 Å². The molecule has 1 heterocycles. The zero-order valence-corrected chi connectivity index (χ0v) is 11.9. The molecule has 1 aromatic carbocycles. The Morgan fingerprint density at radius 1 is 1.40 bits per heavy atom. The second-order valence-corrected chi connectivity index (χ2v) is 5.64. The van der Waals surface area contributed by atoms with Crippen LogP contribution < -0.4 is 11.1 Å². The van der Waals surface area contributed by atoms with Gasteiger partial charge in [-0.3, -0.25) is 0 Å². The molecule has 1 atom stereocenters. The summed E-state index contributed by atoms with van der Waals surface area (Å²) >= 11 is 6.84. The monoisotopic (exact) mass is 321 g/mol. The van der Waals surface area contributed by atoms with Gasteiger partial charge in [-0.25, -0.2) is 4.98 Å². The van der Waals surface area contributed by atoms with Crippen LogP contribution in [0.1, 0.15) is 23.4 Å². The third kappa shape index (κ3) is 3.41. The molecule has 0 saturated heterocycles. The molecule has 0 fully saturated rings. The van der Waals surface area contributed by atoms with Crippen molar-refractivity contribution in [3.05, 3.63) is 39.9 Å². The first-order chi connectivity index (χ1) is 9.27. The SMILES string of the molecule is CC(N)c1cnc(Nc2ccc(Cl)c(C(F)(F)F)c2)s1. The fraction of sp³-hybridized carbons (Fsp3) is 0.250. The molecule has 8 heteroatoms. The first-order valence-electron chi connectivity index (χ1n) is 5.62. The Hall–Kier alpha value is -1.31. The van der Waals surface area contributed by atoms with E-state index in [0.29, 0.717) is 5.13 Å². The second kappa shape index (κ2) is 5.59. The van der Waals surface area contributed by atoms with Crippen molar-refractivity contribution >= 4 is 33.8 Å². The Bertz CT molecular complexity index is 610. The first kappa shape index (κ1) is 15.1. The van der Waals surface area contributed by atoms with E-state index in [1.165, 1.54) is 23.5 Å². The Morgan fingerprint density at radius 3 is 2.65 bits per heavy atom. The van der Waals surface area contributed by atoms with Gasteiger partial charge in [-0.05, 0) is 25.1 Å². The second-order valence-electron chi connectivity index (χ2n) is 4.17. The number of nitrogens with one attached hydrogen (secondary N) is 1. The minimum Gasteiger partial charge on any atom is -0.332 e. The third-order valence-corrected chi connectivity index (χ3v) is 3.94. The predicted octanol–water partition coefficient (Wildman–Crippen LogP) is 4.58. The van der Waals surface area contributed by atoms with Crippen LogP contribution in [0.2, 0.25) is 5.02 Å². The number of halogens is 4. The van der Waals surface area contributed by atoms with Crippen LogP contribution in [0.15, 0.2) is 24.4 Å². The van der Waals surface area contributed by atoms with Gasteiger partial charge in [0.25, 0.3) is 0 Å². The molecule has 0 radical (unpaired) electrons. The highest BCUT2D eigenvalue weighted by Gasteiger charge is 2.33. The van der Waals surface area contributed by atoms with Crippen LogP contribution >= 0.6 is 22.9 Å². The molecular weight excluding hydrogens is 311 g/mol. The van der Waals surface area contributed by atoms with Crippen molar-refractivity contribution in [2.75, 3.05) is 5.32 Å². The standard InChI is InChI=1S/C12H11ClF3N3S/c1-6(17)10-5-18-11(20-10)19-7-2-3-9(13)8(4-7)12(14,15)16/h2-6H,17H2,1H3,(H,18,19). The fourth-order valence-electron chi connectivity index (χ4n) is 1.50. The Kier molecular flexibility index (Phi) is 4.22. The number of thiazole rings is 1. The molecule has 0 spiro atoms. The quantitative estimate of drug-likeness (QED) is 0.870. The Labute approximate surface area is 122 Å². The van der Waals surface area contributed by atoms with Crippen molar-refractivity contribution in [3.8, 4) is 0 Å². The van der Waals surface area contributed by atoms with Crippen LogP contribution in [-0.4, -0.2) is 4.98 Å². The highest BCUT2D eigenvalue weighted by Crippen LogP contribution is 2.37. The number of aromatic nitrogens is 1. The lowest BCUT2D eigenvalue weighted by Gasteiger charge is -2.11. The zero-order valence-electron chi connectivity index (χ0n) is 10.3. The molecule has 108 valence electrons. The number of nitrogens with two attached hydrogens (primary N) is 1. The molecule has 0 aliphatic rings. The molecule has 2 rings (SSSR count). The maximum absolute atomic E-state index is 12.7. The average molecular weight is 322 g/mol. The molecule has 1 unspecified atom stereocenters. The van der Waals surface area contributed by atoms with Gasteiger partial charge in [-0.1, -0.05) is 11.6 Å². The molecular formula is C12H11ClF3N3S. The van der Waals surface area contributed by atoms with Crippen LogP contribution in [0.5, 0.6) is 0 Å². The smallest absolute Gasteiger partial charge is 0.332 e. The van der Waals surface area contributed by atoms with Gasteiger partial charge in [0.2, 0.25) is 0 Å². The lowest BCUT2D eigenvalue weighted by Crippen LogP contribution is -2.06. The van der Waals surface area contributed by atoms with Crippen molar-refractivity contribution < 1.29 is 13.2 Å². The number of hydrogen-bond acceptors (Lipinski definition) is 4. The van der Waals surface area contributed by atoms with Crippen LogP contribution in [0.25, 0.3) is 0 Å². The van der Waals surface area contributed by atoms with Gasteiger partial charge in [-0.2, -0.15) is 13.2 Å². The van der Waals surface area contributed by atoms with Crippen molar-refractivity contribution in [3.63, 3.8) is 0 Å². The number of rotatable bonds is 3. The Balaban J connectivity index is 2.25.